The first kappa shape index (κ1) is 41.6. The highest BCUT2D eigenvalue weighted by Gasteiger charge is 2.41. The minimum atomic E-state index is -0.169. The summed E-state index contributed by atoms with van der Waals surface area (Å²) in [6.07, 6.45) is 0. The molecule has 0 saturated heterocycles. The van der Waals surface area contributed by atoms with Crippen LogP contribution in [-0.4, -0.2) is 11.8 Å². The molecule has 8 aromatic carbocycles. The van der Waals surface area contributed by atoms with Crippen molar-refractivity contribution in [1.82, 2.24) is 4.57 Å². The largest absolute Gasteiger partial charge is 0.355 e. The normalized spacial score (nSPS) is 16.1. The van der Waals surface area contributed by atoms with E-state index in [0.717, 1.165) is 18.7 Å². The average Bonchev–Trinajstić information content (AvgIpc) is 3.91. The number of anilines is 2. The summed E-state index contributed by atoms with van der Waals surface area (Å²) in [6.45, 7) is 28.4. The number of hydrogen-bond donors (Lipinski definition) is 1. The van der Waals surface area contributed by atoms with E-state index < -0.39 is 0 Å². The predicted molar refractivity (Wildman–Crippen MR) is 292 cm³/mol. The van der Waals surface area contributed by atoms with E-state index in [1.807, 2.05) is 0 Å². The van der Waals surface area contributed by atoms with Crippen LogP contribution < -0.4 is 16.2 Å². The van der Waals surface area contributed by atoms with Gasteiger partial charge in [0.25, 0.3) is 0 Å². The Balaban J connectivity index is 1.10. The summed E-state index contributed by atoms with van der Waals surface area (Å²) in [5.41, 5.74) is 30.6. The molecule has 0 bridgehead atoms. The molecule has 0 atom stereocenters. The van der Waals surface area contributed by atoms with Crippen LogP contribution >= 0.6 is 0 Å². The lowest BCUT2D eigenvalue weighted by atomic mass is 9.58. The molecule has 3 heteroatoms. The van der Waals surface area contributed by atoms with E-state index in [9.17, 15) is 0 Å². The second-order valence-electron chi connectivity index (χ2n) is 24.3. The Morgan fingerprint density at radius 2 is 0.956 bits per heavy atom. The highest BCUT2D eigenvalue weighted by molar-refractivity contribution is 6.73. The standard InChI is InChI=1S/C65H61BN2/c1-61(2,3)36-21-24-38(25-22-36)67-56-34-53-44(41-26-23-37(62(4,5)6)29-51(41)65(53,11)12)30-47(56)42-27-28-43-48-31-45-39-17-13-15-19-49(39)64(9,10)54(45)35-57(48)68-58-32-46-40-18-14-16-20-50(40)63(7,8)52(46)33-55(58)66-59(42)60(43)68/h13-35,66-67H,1-12H3. The fourth-order valence-corrected chi connectivity index (χ4v) is 13.2. The van der Waals surface area contributed by atoms with E-state index in [-0.39, 0.29) is 27.1 Å². The van der Waals surface area contributed by atoms with Crippen LogP contribution in [0.4, 0.5) is 11.4 Å². The summed E-state index contributed by atoms with van der Waals surface area (Å²) >= 11 is 0. The first-order valence-corrected chi connectivity index (χ1v) is 25.0. The van der Waals surface area contributed by atoms with Gasteiger partial charge in [0, 0.05) is 55.2 Å². The molecule has 0 unspecified atom stereocenters. The van der Waals surface area contributed by atoms with E-state index in [1.54, 1.807) is 0 Å². The van der Waals surface area contributed by atoms with Gasteiger partial charge >= 0.3 is 0 Å². The highest BCUT2D eigenvalue weighted by Crippen LogP contribution is 2.55. The number of nitrogens with one attached hydrogen (secondary N) is 1. The van der Waals surface area contributed by atoms with Gasteiger partial charge in [-0.2, -0.15) is 0 Å². The summed E-state index contributed by atoms with van der Waals surface area (Å²) in [5.74, 6) is 0. The zero-order valence-electron chi connectivity index (χ0n) is 41.9. The molecule has 1 aromatic heterocycles. The molecule has 0 saturated carbocycles. The van der Waals surface area contributed by atoms with Crippen molar-refractivity contribution in [2.24, 2.45) is 0 Å². The Kier molecular flexibility index (Phi) is 8.17. The minimum absolute atomic E-state index is 0.0568. The SMILES string of the molecule is CC(C)(C)c1ccc(Nc2cc3c(cc2-c2ccc4c5cc6c(cc5n5c4c2Bc2cc4c(cc2-5)-c2ccccc2C4(C)C)C(C)(C)c2ccccc2-6)-c2ccc(C(C)(C)C)cc2C3(C)C)cc1. The van der Waals surface area contributed by atoms with Gasteiger partial charge in [0.2, 0.25) is 0 Å². The lowest BCUT2D eigenvalue weighted by molar-refractivity contribution is 0.584. The van der Waals surface area contributed by atoms with Gasteiger partial charge in [-0.25, -0.2) is 0 Å². The topological polar surface area (TPSA) is 17.0 Å². The van der Waals surface area contributed by atoms with E-state index >= 15 is 0 Å². The monoisotopic (exact) mass is 880 g/mol. The third-order valence-electron chi connectivity index (χ3n) is 17.1. The Labute approximate surface area is 403 Å². The van der Waals surface area contributed by atoms with E-state index in [1.165, 1.54) is 127 Å². The molecule has 0 fully saturated rings. The van der Waals surface area contributed by atoms with Gasteiger partial charge in [-0.1, -0.05) is 186 Å². The van der Waals surface area contributed by atoms with Crippen molar-refractivity contribution in [3.63, 3.8) is 0 Å². The van der Waals surface area contributed by atoms with E-state index in [0.29, 0.717) is 0 Å². The molecule has 334 valence electrons. The number of aromatic nitrogens is 1. The average molecular weight is 881 g/mol. The van der Waals surface area contributed by atoms with Crippen molar-refractivity contribution < 1.29 is 0 Å². The van der Waals surface area contributed by atoms with Crippen molar-refractivity contribution in [3.8, 4) is 50.2 Å². The van der Waals surface area contributed by atoms with Gasteiger partial charge in [-0.15, -0.1) is 0 Å². The summed E-state index contributed by atoms with van der Waals surface area (Å²) in [5, 5.41) is 6.70. The fourth-order valence-electron chi connectivity index (χ4n) is 13.2. The Morgan fingerprint density at radius 3 is 1.62 bits per heavy atom. The maximum absolute atomic E-state index is 4.05. The summed E-state index contributed by atoms with van der Waals surface area (Å²) in [7, 11) is 0.847. The molecule has 1 aliphatic heterocycles. The number of nitrogens with zero attached hydrogens (tertiary/aromatic N) is 1. The van der Waals surface area contributed by atoms with Crippen molar-refractivity contribution in [2.45, 2.75) is 110 Å². The lowest BCUT2D eigenvalue weighted by Crippen LogP contribution is -2.38. The van der Waals surface area contributed by atoms with E-state index in [2.05, 4.69) is 232 Å². The Hall–Kier alpha value is -6.58. The van der Waals surface area contributed by atoms with Crippen molar-refractivity contribution in [1.29, 1.82) is 0 Å². The van der Waals surface area contributed by atoms with Gasteiger partial charge in [0.1, 0.15) is 0 Å². The molecule has 68 heavy (non-hydrogen) atoms. The molecule has 9 aromatic rings. The third kappa shape index (κ3) is 5.54. The van der Waals surface area contributed by atoms with Crippen LogP contribution in [0.1, 0.15) is 128 Å². The van der Waals surface area contributed by atoms with Crippen LogP contribution in [0, 0.1) is 0 Å². The Morgan fingerprint density at radius 1 is 0.426 bits per heavy atom. The summed E-state index contributed by atoms with van der Waals surface area (Å²) in [6, 6.07) is 54.8. The van der Waals surface area contributed by atoms with Crippen molar-refractivity contribution in [2.75, 3.05) is 5.32 Å². The molecular formula is C65H61BN2. The molecule has 0 spiro atoms. The Bertz CT molecular complexity index is 3710. The molecule has 1 N–H and O–H groups in total. The van der Waals surface area contributed by atoms with Gasteiger partial charge in [-0.3, -0.25) is 0 Å². The maximum Gasteiger partial charge on any atom is 0.198 e. The molecule has 13 rings (SSSR count). The third-order valence-corrected chi connectivity index (χ3v) is 17.1. The zero-order chi connectivity index (χ0) is 47.2. The summed E-state index contributed by atoms with van der Waals surface area (Å²) < 4.78 is 2.67. The van der Waals surface area contributed by atoms with Crippen LogP contribution in [0.5, 0.6) is 0 Å². The first-order chi connectivity index (χ1) is 32.2. The molecule has 2 heterocycles. The summed E-state index contributed by atoms with van der Waals surface area (Å²) in [4.78, 5) is 0. The van der Waals surface area contributed by atoms with Crippen LogP contribution in [0.25, 0.3) is 72.0 Å². The molecule has 2 nitrogen and oxygen atoms in total. The number of hydrogen-bond acceptors (Lipinski definition) is 1. The van der Waals surface area contributed by atoms with Crippen LogP contribution in [0.15, 0.2) is 140 Å². The van der Waals surface area contributed by atoms with E-state index in [4.69, 9.17) is 0 Å². The molecular weight excluding hydrogens is 820 g/mol. The molecule has 0 amide bonds. The van der Waals surface area contributed by atoms with Gasteiger partial charge in [0.15, 0.2) is 7.28 Å². The second kappa shape index (κ2) is 13.4. The lowest BCUT2D eigenvalue weighted by Gasteiger charge is -2.28. The molecule has 3 aliphatic carbocycles. The second-order valence-corrected chi connectivity index (χ2v) is 24.3. The first-order valence-electron chi connectivity index (χ1n) is 25.0. The van der Waals surface area contributed by atoms with Crippen molar-refractivity contribution >= 4 is 51.4 Å². The predicted octanol–water partition coefficient (Wildman–Crippen LogP) is 15.4. The van der Waals surface area contributed by atoms with Gasteiger partial charge in [-0.05, 0) is 142 Å². The highest BCUT2D eigenvalue weighted by atomic mass is 15.0. The number of rotatable bonds is 3. The molecule has 0 radical (unpaired) electrons. The van der Waals surface area contributed by atoms with Crippen LogP contribution in [0.2, 0.25) is 0 Å². The number of fused-ring (bicyclic) bond motifs is 14. The quantitative estimate of drug-likeness (QED) is 0.175. The molecule has 4 aliphatic rings. The van der Waals surface area contributed by atoms with Crippen LogP contribution in [-0.2, 0) is 27.1 Å². The van der Waals surface area contributed by atoms with Gasteiger partial charge < -0.3 is 9.88 Å². The minimum Gasteiger partial charge on any atom is -0.355 e. The van der Waals surface area contributed by atoms with Crippen LogP contribution in [0.3, 0.4) is 0 Å². The fraction of sp³-hybridized carbons (Fsp3) is 0.262. The van der Waals surface area contributed by atoms with Gasteiger partial charge in [0.05, 0.1) is 5.52 Å². The zero-order valence-corrected chi connectivity index (χ0v) is 41.9. The smallest absolute Gasteiger partial charge is 0.198 e. The maximum atomic E-state index is 4.05. The number of benzene rings is 8. The van der Waals surface area contributed by atoms with Crippen molar-refractivity contribution in [3.05, 3.63) is 184 Å².